The SMILES string of the molecule is CC(C)C[C@H](NC(=O)CNC(=O)c1cc(Cl)ccc1Cl)[B-]12OC(=O)C[C@](C(=O)N(C)C)(CC(=O)[OH+]1)O2. The zero-order valence-electron chi connectivity index (χ0n) is 20.3. The fourth-order valence-electron chi connectivity index (χ4n) is 4.39. The summed E-state index contributed by atoms with van der Waals surface area (Å²) in [6, 6.07) is 4.34. The number of amides is 3. The molecule has 36 heavy (non-hydrogen) atoms. The number of aliphatic carboxylic acids is 1. The molecule has 0 spiro atoms. The first kappa shape index (κ1) is 27.8. The van der Waals surface area contributed by atoms with Gasteiger partial charge >= 0.3 is 12.7 Å². The highest BCUT2D eigenvalue weighted by atomic mass is 35.5. The Morgan fingerprint density at radius 1 is 1.19 bits per heavy atom. The first-order valence-electron chi connectivity index (χ1n) is 11.3. The number of likely N-dealkylation sites (N-methyl/N-ethyl adjacent to an activating group) is 1. The van der Waals surface area contributed by atoms with Crippen LogP contribution in [-0.2, 0) is 28.5 Å². The van der Waals surface area contributed by atoms with Crippen LogP contribution in [0.5, 0.6) is 0 Å². The van der Waals surface area contributed by atoms with Gasteiger partial charge in [-0.25, -0.2) is 0 Å². The lowest BCUT2D eigenvalue weighted by Crippen LogP contribution is -2.77. The molecule has 3 amide bonds. The lowest BCUT2D eigenvalue weighted by atomic mass is 9.61. The van der Waals surface area contributed by atoms with E-state index in [4.69, 9.17) is 32.5 Å². The Bertz CT molecular complexity index is 1080. The molecule has 3 N–H and O–H groups in total. The van der Waals surface area contributed by atoms with Crippen LogP contribution in [0.4, 0.5) is 0 Å². The molecule has 0 aliphatic carbocycles. The zero-order valence-corrected chi connectivity index (χ0v) is 21.8. The molecule has 196 valence electrons. The van der Waals surface area contributed by atoms with E-state index in [1.54, 1.807) is 0 Å². The minimum atomic E-state index is -3.09. The fraction of sp³-hybridized carbons (Fsp3) is 0.500. The summed E-state index contributed by atoms with van der Waals surface area (Å²) < 4.78 is 15.5. The van der Waals surface area contributed by atoms with Crippen molar-refractivity contribution < 1.29 is 37.9 Å². The van der Waals surface area contributed by atoms with Crippen molar-refractivity contribution in [3.05, 3.63) is 33.8 Å². The van der Waals surface area contributed by atoms with Crippen LogP contribution in [0.15, 0.2) is 18.2 Å². The Morgan fingerprint density at radius 3 is 2.53 bits per heavy atom. The minimum absolute atomic E-state index is 0.0539. The smallest absolute Gasteiger partial charge is 0.594 e. The molecular weight excluding hydrogens is 516 g/mol. The van der Waals surface area contributed by atoms with Crippen LogP contribution >= 0.6 is 23.2 Å². The van der Waals surface area contributed by atoms with Crippen LogP contribution in [0, 0.1) is 5.92 Å². The number of carbonyl (C=O) groups excluding carboxylic acids is 4. The molecule has 1 aromatic rings. The molecule has 0 aromatic heterocycles. The molecule has 3 atom stereocenters. The van der Waals surface area contributed by atoms with Crippen molar-refractivity contribution in [1.29, 1.82) is 0 Å². The number of hydrogen-bond donors (Lipinski definition) is 2. The number of benzene rings is 1. The van der Waals surface area contributed by atoms with E-state index in [2.05, 4.69) is 15.3 Å². The average Bonchev–Trinajstić information content (AvgIpc) is 2.76. The molecule has 0 saturated carbocycles. The van der Waals surface area contributed by atoms with E-state index in [9.17, 15) is 24.0 Å². The van der Waals surface area contributed by atoms with Crippen molar-refractivity contribution in [3.8, 4) is 0 Å². The monoisotopic (exact) mass is 543 g/mol. The lowest BCUT2D eigenvalue weighted by Gasteiger charge is -2.55. The van der Waals surface area contributed by atoms with Crippen molar-refractivity contribution in [1.82, 2.24) is 15.5 Å². The standard InChI is InChI=1S/C22H28BCl2N3O8/c1-12(2)7-16(27-17(29)11-26-20(32)14-8-13(24)5-6-15(14)25)23-34-18(30)9-22(36-23,10-19(31)35-23)21(33)28(3)4/h5-6,8,12,16,34H,7,9-11H2,1-4H3,(H,26,32)(H,27,29)/t16-,22-,23?/m0/s1. The van der Waals surface area contributed by atoms with Crippen LogP contribution in [0.2, 0.25) is 10.0 Å². The number of carboxylic acids is 1. The molecule has 1 aromatic carbocycles. The van der Waals surface area contributed by atoms with Crippen molar-refractivity contribution in [2.45, 2.75) is 44.7 Å². The van der Waals surface area contributed by atoms with Crippen LogP contribution in [0.3, 0.4) is 0 Å². The van der Waals surface area contributed by atoms with Crippen LogP contribution in [-0.4, -0.2) is 78.2 Å². The van der Waals surface area contributed by atoms with Gasteiger partial charge in [-0.2, -0.15) is 0 Å². The van der Waals surface area contributed by atoms with Crippen LogP contribution in [0.25, 0.3) is 0 Å². The normalized spacial score (nSPS) is 23.9. The number of fused-ring (bicyclic) bond motifs is 2. The summed E-state index contributed by atoms with van der Waals surface area (Å²) in [4.78, 5) is 64.8. The van der Waals surface area contributed by atoms with Gasteiger partial charge in [-0.1, -0.05) is 43.5 Å². The van der Waals surface area contributed by atoms with Gasteiger partial charge in [-0.15, -0.1) is 0 Å². The summed E-state index contributed by atoms with van der Waals surface area (Å²) in [6.07, 6.45) is -0.662. The van der Waals surface area contributed by atoms with E-state index in [-0.39, 0.29) is 22.9 Å². The Balaban J connectivity index is 1.82. The van der Waals surface area contributed by atoms with E-state index in [0.717, 1.165) is 0 Å². The maximum atomic E-state index is 12.9. The third-order valence-corrected chi connectivity index (χ3v) is 6.41. The second-order valence-electron chi connectivity index (χ2n) is 9.52. The summed E-state index contributed by atoms with van der Waals surface area (Å²) in [5.41, 5.74) is -1.68. The van der Waals surface area contributed by atoms with Crippen molar-refractivity contribution >= 4 is 59.6 Å². The predicted molar refractivity (Wildman–Crippen MR) is 131 cm³/mol. The van der Waals surface area contributed by atoms with E-state index in [0.29, 0.717) is 5.02 Å². The second-order valence-corrected chi connectivity index (χ2v) is 10.4. The number of halogens is 2. The molecule has 2 fully saturated rings. The second kappa shape index (κ2) is 10.7. The van der Waals surface area contributed by atoms with Gasteiger partial charge in [-0.3, -0.25) is 19.2 Å². The summed E-state index contributed by atoms with van der Waals surface area (Å²) in [7, 11) is 2.96. The van der Waals surface area contributed by atoms with Gasteiger partial charge in [0.25, 0.3) is 17.8 Å². The third kappa shape index (κ3) is 5.93. The molecule has 2 aliphatic rings. The number of hydrogen-bond acceptors (Lipinski definition) is 7. The maximum Gasteiger partial charge on any atom is 0.594 e. The van der Waals surface area contributed by atoms with Gasteiger partial charge in [0.05, 0.1) is 23.6 Å². The van der Waals surface area contributed by atoms with Gasteiger partial charge in [0, 0.05) is 29.9 Å². The molecule has 14 heteroatoms. The topological polar surface area (TPSA) is 144 Å². The number of nitrogens with zero attached hydrogens (tertiary/aromatic N) is 1. The molecule has 0 radical (unpaired) electrons. The Kier molecular flexibility index (Phi) is 8.22. The highest BCUT2D eigenvalue weighted by Gasteiger charge is 2.65. The molecule has 2 aliphatic heterocycles. The molecule has 11 nitrogen and oxygen atoms in total. The van der Waals surface area contributed by atoms with E-state index in [1.165, 1.54) is 37.2 Å². The third-order valence-electron chi connectivity index (χ3n) is 5.84. The number of nitrogens with one attached hydrogen (secondary N) is 2. The van der Waals surface area contributed by atoms with E-state index < -0.39 is 67.3 Å². The van der Waals surface area contributed by atoms with Gasteiger partial charge in [0.2, 0.25) is 5.91 Å². The fourth-order valence-corrected chi connectivity index (χ4v) is 4.77. The van der Waals surface area contributed by atoms with Crippen LogP contribution in [0.1, 0.15) is 43.5 Å². The predicted octanol–water partition coefficient (Wildman–Crippen LogP) is 0.981. The summed E-state index contributed by atoms with van der Waals surface area (Å²) in [6.45, 7) is 0.147. The Labute approximate surface area is 218 Å². The van der Waals surface area contributed by atoms with E-state index in [1.807, 2.05) is 13.8 Å². The molecule has 2 saturated heterocycles. The maximum absolute atomic E-state index is 12.9. The number of rotatable bonds is 8. The summed E-state index contributed by atoms with van der Waals surface area (Å²) >= 11 is 12.0. The van der Waals surface area contributed by atoms with E-state index >= 15 is 0 Å². The average molecular weight is 544 g/mol. The minimum Gasteiger partial charge on any atom is -0.717 e. The molecule has 2 bridgehead atoms. The van der Waals surface area contributed by atoms with Crippen LogP contribution < -0.4 is 10.6 Å². The molecule has 1 unspecified atom stereocenters. The first-order chi connectivity index (χ1) is 16.8. The summed E-state index contributed by atoms with van der Waals surface area (Å²) in [5, 5.41) is 5.56. The van der Waals surface area contributed by atoms with Crippen molar-refractivity contribution in [2.75, 3.05) is 20.6 Å². The molecule has 3 rings (SSSR count). The zero-order chi connectivity index (χ0) is 26.8. The Morgan fingerprint density at radius 2 is 1.89 bits per heavy atom. The Hall–Kier alpha value is -2.83. The molecular formula is C22H28BCl2N3O8. The largest absolute Gasteiger partial charge is 0.717 e. The lowest BCUT2D eigenvalue weighted by molar-refractivity contribution is -0.204. The highest BCUT2D eigenvalue weighted by Crippen LogP contribution is 2.40. The van der Waals surface area contributed by atoms with Crippen molar-refractivity contribution in [2.24, 2.45) is 5.92 Å². The van der Waals surface area contributed by atoms with Gasteiger partial charge in [0.1, 0.15) is 12.0 Å². The molecule has 2 heterocycles. The quantitative estimate of drug-likeness (QED) is 0.367. The van der Waals surface area contributed by atoms with Crippen molar-refractivity contribution in [3.63, 3.8) is 0 Å². The summed E-state index contributed by atoms with van der Waals surface area (Å²) in [5.74, 6) is -4.42. The van der Waals surface area contributed by atoms with Gasteiger partial charge in [-0.05, 0) is 24.1 Å². The van der Waals surface area contributed by atoms with Gasteiger partial charge < -0.3 is 29.5 Å². The highest BCUT2D eigenvalue weighted by molar-refractivity contribution is 6.66. The first-order valence-corrected chi connectivity index (χ1v) is 12.1. The number of carbonyl (C=O) groups is 5. The van der Waals surface area contributed by atoms with Gasteiger partial charge in [0.15, 0.2) is 0 Å².